The van der Waals surface area contributed by atoms with Crippen LogP contribution in [0.3, 0.4) is 0 Å². The number of ketones is 1. The van der Waals surface area contributed by atoms with E-state index in [0.717, 1.165) is 43.7 Å². The molecule has 31 heavy (non-hydrogen) atoms. The van der Waals surface area contributed by atoms with Crippen molar-refractivity contribution < 1.29 is 14.3 Å². The number of hydrogen-bond donors (Lipinski definition) is 3. The third kappa shape index (κ3) is 5.76. The Morgan fingerprint density at radius 2 is 1.94 bits per heavy atom. The van der Waals surface area contributed by atoms with Gasteiger partial charge in [0.2, 0.25) is 0 Å². The van der Waals surface area contributed by atoms with Crippen LogP contribution in [0.1, 0.15) is 84.2 Å². The molecule has 6 nitrogen and oxygen atoms in total. The highest BCUT2D eigenvalue weighted by Gasteiger charge is 2.24. The lowest BCUT2D eigenvalue weighted by atomic mass is 9.95. The molecule has 2 aromatic rings. The maximum atomic E-state index is 12.8. The number of nitrogens with one attached hydrogen (secondary N) is 3. The second-order valence-corrected chi connectivity index (χ2v) is 8.66. The summed E-state index contributed by atoms with van der Waals surface area (Å²) in [6.07, 6.45) is 12.4. The molecule has 1 fully saturated rings. The summed E-state index contributed by atoms with van der Waals surface area (Å²) >= 11 is 0. The molecule has 1 heterocycles. The Hall–Kier alpha value is -2.60. The average molecular weight is 424 g/mol. The average Bonchev–Trinajstić information content (AvgIpc) is 3.13. The van der Waals surface area contributed by atoms with Crippen molar-refractivity contribution in [1.29, 1.82) is 0 Å². The molecular formula is C25H33N3O3. The van der Waals surface area contributed by atoms with Crippen molar-refractivity contribution in [3.63, 3.8) is 0 Å². The number of aryl methyl sites for hydroxylation is 1. The minimum absolute atomic E-state index is 0.0535. The molecule has 0 bridgehead atoms. The first-order chi connectivity index (χ1) is 15.2. The van der Waals surface area contributed by atoms with Crippen molar-refractivity contribution >= 4 is 17.4 Å². The number of Topliss-reactive ketones (excluding diaryl/α,β-unsaturated/α-hetero) is 1. The lowest BCUT2D eigenvalue weighted by Gasteiger charge is -2.22. The first-order valence-corrected chi connectivity index (χ1v) is 11.7. The van der Waals surface area contributed by atoms with E-state index in [2.05, 4.69) is 15.6 Å². The molecule has 1 aromatic carbocycles. The third-order valence-electron chi connectivity index (χ3n) is 6.29. The SMILES string of the molecule is O=C(Nc1cccc(OCCCNC2CCCCC2)c1)c1c[nH]c2c1C(=O)CCCC2. The van der Waals surface area contributed by atoms with Crippen LogP contribution in [0.4, 0.5) is 5.69 Å². The van der Waals surface area contributed by atoms with Crippen LogP contribution in [0.5, 0.6) is 5.75 Å². The normalized spacial score (nSPS) is 17.1. The van der Waals surface area contributed by atoms with Crippen LogP contribution in [-0.4, -0.2) is 35.9 Å². The van der Waals surface area contributed by atoms with Gasteiger partial charge >= 0.3 is 0 Å². The van der Waals surface area contributed by atoms with Gasteiger partial charge in [-0.25, -0.2) is 0 Å². The number of aromatic nitrogens is 1. The molecule has 2 aliphatic rings. The van der Waals surface area contributed by atoms with Crippen molar-refractivity contribution in [2.24, 2.45) is 0 Å². The lowest BCUT2D eigenvalue weighted by molar-refractivity contribution is 0.0965. The second kappa shape index (κ2) is 10.6. The van der Waals surface area contributed by atoms with Gasteiger partial charge in [0.05, 0.1) is 17.7 Å². The first kappa shape index (κ1) is 21.6. The fourth-order valence-electron chi connectivity index (χ4n) is 4.61. The quantitative estimate of drug-likeness (QED) is 0.418. The summed E-state index contributed by atoms with van der Waals surface area (Å²) in [7, 11) is 0. The van der Waals surface area contributed by atoms with Crippen molar-refractivity contribution in [3.8, 4) is 5.75 Å². The molecule has 6 heteroatoms. The maximum absolute atomic E-state index is 12.8. The van der Waals surface area contributed by atoms with E-state index in [-0.39, 0.29) is 11.7 Å². The van der Waals surface area contributed by atoms with Gasteiger partial charge in [-0.3, -0.25) is 9.59 Å². The monoisotopic (exact) mass is 423 g/mol. The number of H-pyrrole nitrogens is 1. The lowest BCUT2D eigenvalue weighted by Crippen LogP contribution is -2.32. The van der Waals surface area contributed by atoms with Gasteiger partial charge in [0.1, 0.15) is 5.75 Å². The molecule has 1 saturated carbocycles. The van der Waals surface area contributed by atoms with Crippen molar-refractivity contribution in [1.82, 2.24) is 10.3 Å². The van der Waals surface area contributed by atoms with E-state index in [0.29, 0.717) is 35.9 Å². The molecule has 3 N–H and O–H groups in total. The Morgan fingerprint density at radius 1 is 1.10 bits per heavy atom. The van der Waals surface area contributed by atoms with Gasteiger partial charge in [-0.2, -0.15) is 0 Å². The Bertz CT molecular complexity index is 899. The molecule has 4 rings (SSSR count). The Morgan fingerprint density at radius 3 is 2.81 bits per heavy atom. The second-order valence-electron chi connectivity index (χ2n) is 8.66. The molecular weight excluding hydrogens is 390 g/mol. The van der Waals surface area contributed by atoms with Crippen molar-refractivity contribution in [3.05, 3.63) is 47.3 Å². The highest BCUT2D eigenvalue weighted by atomic mass is 16.5. The van der Waals surface area contributed by atoms with E-state index in [1.807, 2.05) is 24.3 Å². The minimum atomic E-state index is -0.262. The Kier molecular flexibility index (Phi) is 7.41. The predicted molar refractivity (Wildman–Crippen MR) is 122 cm³/mol. The van der Waals surface area contributed by atoms with Crippen molar-refractivity contribution in [2.75, 3.05) is 18.5 Å². The fraction of sp³-hybridized carbons (Fsp3) is 0.520. The van der Waals surface area contributed by atoms with Gasteiger partial charge in [-0.15, -0.1) is 0 Å². The largest absolute Gasteiger partial charge is 0.493 e. The summed E-state index contributed by atoms with van der Waals surface area (Å²) in [5, 5.41) is 6.54. The Labute approximate surface area is 184 Å². The number of ether oxygens (including phenoxy) is 1. The fourth-order valence-corrected chi connectivity index (χ4v) is 4.61. The zero-order valence-corrected chi connectivity index (χ0v) is 18.2. The highest BCUT2D eigenvalue weighted by molar-refractivity contribution is 6.13. The summed E-state index contributed by atoms with van der Waals surface area (Å²) < 4.78 is 5.88. The molecule has 0 atom stereocenters. The number of fused-ring (bicyclic) bond motifs is 1. The van der Waals surface area contributed by atoms with Gasteiger partial charge in [0, 0.05) is 36.1 Å². The summed E-state index contributed by atoms with van der Waals surface area (Å²) in [6.45, 7) is 1.60. The first-order valence-electron chi connectivity index (χ1n) is 11.7. The molecule has 0 unspecified atom stereocenters. The van der Waals surface area contributed by atoms with Crippen molar-refractivity contribution in [2.45, 2.75) is 70.3 Å². The molecule has 1 aromatic heterocycles. The third-order valence-corrected chi connectivity index (χ3v) is 6.29. The van der Waals surface area contributed by atoms with E-state index in [1.165, 1.54) is 32.1 Å². The molecule has 0 spiro atoms. The van der Waals surface area contributed by atoms with E-state index < -0.39 is 0 Å². The van der Waals surface area contributed by atoms with E-state index in [4.69, 9.17) is 4.74 Å². The number of anilines is 1. The van der Waals surface area contributed by atoms with Gasteiger partial charge in [-0.05, 0) is 57.2 Å². The van der Waals surface area contributed by atoms with E-state index in [9.17, 15) is 9.59 Å². The van der Waals surface area contributed by atoms with Crippen LogP contribution in [0.2, 0.25) is 0 Å². The van der Waals surface area contributed by atoms with E-state index in [1.54, 1.807) is 6.20 Å². The number of rotatable bonds is 8. The summed E-state index contributed by atoms with van der Waals surface area (Å²) in [4.78, 5) is 28.4. The summed E-state index contributed by atoms with van der Waals surface area (Å²) in [6, 6.07) is 8.11. The van der Waals surface area contributed by atoms with Gasteiger partial charge in [0.15, 0.2) is 5.78 Å². The van der Waals surface area contributed by atoms with Crippen LogP contribution in [-0.2, 0) is 6.42 Å². The van der Waals surface area contributed by atoms with Crippen LogP contribution in [0.15, 0.2) is 30.5 Å². The molecule has 1 amide bonds. The summed E-state index contributed by atoms with van der Waals surface area (Å²) in [5.41, 5.74) is 2.54. The molecule has 0 radical (unpaired) electrons. The Balaban J connectivity index is 1.28. The number of amides is 1. The molecule has 0 saturated heterocycles. The summed E-state index contributed by atoms with van der Waals surface area (Å²) in [5.74, 6) is 0.527. The van der Waals surface area contributed by atoms with Gasteiger partial charge < -0.3 is 20.4 Å². The number of hydrogen-bond acceptors (Lipinski definition) is 4. The number of benzene rings is 1. The van der Waals surface area contributed by atoms with Gasteiger partial charge in [-0.1, -0.05) is 25.3 Å². The molecule has 166 valence electrons. The zero-order chi connectivity index (χ0) is 21.5. The molecule has 0 aliphatic heterocycles. The number of carbonyl (C=O) groups excluding carboxylic acids is 2. The predicted octanol–water partition coefficient (Wildman–Crippen LogP) is 4.87. The topological polar surface area (TPSA) is 83.2 Å². The van der Waals surface area contributed by atoms with Crippen LogP contribution in [0.25, 0.3) is 0 Å². The smallest absolute Gasteiger partial charge is 0.257 e. The maximum Gasteiger partial charge on any atom is 0.257 e. The number of aromatic amines is 1. The van der Waals surface area contributed by atoms with Crippen LogP contribution >= 0.6 is 0 Å². The minimum Gasteiger partial charge on any atom is -0.493 e. The highest BCUT2D eigenvalue weighted by Crippen LogP contribution is 2.25. The molecule has 2 aliphatic carbocycles. The van der Waals surface area contributed by atoms with Crippen LogP contribution < -0.4 is 15.4 Å². The van der Waals surface area contributed by atoms with Crippen LogP contribution in [0, 0.1) is 0 Å². The zero-order valence-electron chi connectivity index (χ0n) is 18.2. The number of carbonyl (C=O) groups is 2. The standard InChI is InChI=1S/C25H33N3O3/c29-23-13-5-4-12-22-24(23)21(17-27-22)25(30)28-19-10-6-11-20(16-19)31-15-7-14-26-18-8-2-1-3-9-18/h6,10-11,16-18,26-27H,1-5,7-9,12-15H2,(H,28,30). The van der Waals surface area contributed by atoms with Gasteiger partial charge in [0.25, 0.3) is 5.91 Å². The van der Waals surface area contributed by atoms with E-state index >= 15 is 0 Å².